The van der Waals surface area contributed by atoms with Crippen LogP contribution in [0.2, 0.25) is 5.15 Å². The maximum Gasteiger partial charge on any atom is 0.129 e. The van der Waals surface area contributed by atoms with E-state index in [4.69, 9.17) is 11.6 Å². The average Bonchev–Trinajstić information content (AvgIpc) is 2.99. The van der Waals surface area contributed by atoms with Crippen molar-refractivity contribution in [2.75, 3.05) is 7.05 Å². The van der Waals surface area contributed by atoms with Gasteiger partial charge in [0.25, 0.3) is 0 Å². The Balaban J connectivity index is 1.61. The van der Waals surface area contributed by atoms with Gasteiger partial charge in [0.05, 0.1) is 6.04 Å². The number of fused-ring (bicyclic) bond motifs is 7. The van der Waals surface area contributed by atoms with Crippen LogP contribution >= 0.6 is 11.6 Å². The van der Waals surface area contributed by atoms with Gasteiger partial charge in [-0.25, -0.2) is 4.98 Å². The van der Waals surface area contributed by atoms with Gasteiger partial charge in [-0.1, -0.05) is 29.3 Å². The van der Waals surface area contributed by atoms with Crippen LogP contribution in [0.25, 0.3) is 10.9 Å². The number of aryl methyl sites for hydroxylation is 3. The maximum atomic E-state index is 5.94. The van der Waals surface area contributed by atoms with Gasteiger partial charge in [-0.3, -0.25) is 4.90 Å². The molecule has 2 atom stereocenters. The minimum Gasteiger partial charge on any atom is -0.342 e. The number of hydrogen-bond acceptors (Lipinski definition) is 2. The van der Waals surface area contributed by atoms with Gasteiger partial charge in [0.2, 0.25) is 0 Å². The Morgan fingerprint density at radius 3 is 2.81 bits per heavy atom. The number of aromatic nitrogens is 2. The molecule has 1 saturated heterocycles. The van der Waals surface area contributed by atoms with Crippen LogP contribution in [0.4, 0.5) is 0 Å². The summed E-state index contributed by atoms with van der Waals surface area (Å²) in [6, 6.07) is 12.1. The summed E-state index contributed by atoms with van der Waals surface area (Å²) in [4.78, 5) is 6.85. The smallest absolute Gasteiger partial charge is 0.129 e. The minimum absolute atomic E-state index is 0.562. The van der Waals surface area contributed by atoms with Crippen LogP contribution in [0, 0.1) is 6.92 Å². The Labute approximate surface area is 159 Å². The molecule has 0 aliphatic carbocycles. The Kier molecular flexibility index (Phi) is 3.84. The highest BCUT2D eigenvalue weighted by Gasteiger charge is 2.42. The first-order chi connectivity index (χ1) is 12.6. The van der Waals surface area contributed by atoms with E-state index in [1.165, 1.54) is 41.3 Å². The van der Waals surface area contributed by atoms with Crippen molar-refractivity contribution < 1.29 is 0 Å². The zero-order chi connectivity index (χ0) is 17.8. The second-order valence-corrected chi connectivity index (χ2v) is 8.23. The molecule has 2 aromatic heterocycles. The predicted molar refractivity (Wildman–Crippen MR) is 107 cm³/mol. The van der Waals surface area contributed by atoms with Crippen molar-refractivity contribution in [3.05, 3.63) is 64.1 Å². The number of pyridine rings is 1. The number of piperidine rings is 1. The summed E-state index contributed by atoms with van der Waals surface area (Å²) >= 11 is 5.94. The third-order valence-electron chi connectivity index (χ3n) is 6.30. The summed E-state index contributed by atoms with van der Waals surface area (Å²) in [5.74, 6) is 0. The Morgan fingerprint density at radius 2 is 2.00 bits per heavy atom. The second-order valence-electron chi connectivity index (χ2n) is 7.84. The van der Waals surface area contributed by atoms with Crippen LogP contribution in [0.3, 0.4) is 0 Å². The molecule has 0 saturated carbocycles. The zero-order valence-corrected chi connectivity index (χ0v) is 16.1. The van der Waals surface area contributed by atoms with Crippen molar-refractivity contribution in [1.82, 2.24) is 14.5 Å². The van der Waals surface area contributed by atoms with E-state index in [9.17, 15) is 0 Å². The molecular formula is C22H24ClN3. The van der Waals surface area contributed by atoms with Crippen molar-refractivity contribution in [3.63, 3.8) is 0 Å². The van der Waals surface area contributed by atoms with Crippen LogP contribution in [0.5, 0.6) is 0 Å². The highest BCUT2D eigenvalue weighted by molar-refractivity contribution is 6.29. The molecule has 4 heterocycles. The molecular weight excluding hydrogens is 342 g/mol. The molecule has 4 heteroatoms. The van der Waals surface area contributed by atoms with Crippen molar-refractivity contribution in [3.8, 4) is 0 Å². The van der Waals surface area contributed by atoms with E-state index in [1.807, 2.05) is 12.3 Å². The minimum atomic E-state index is 0.562. The number of nitrogens with zero attached hydrogens (tertiary/aromatic N) is 3. The van der Waals surface area contributed by atoms with E-state index in [1.54, 1.807) is 11.3 Å². The van der Waals surface area contributed by atoms with Gasteiger partial charge in [0.15, 0.2) is 0 Å². The maximum absolute atomic E-state index is 5.94. The summed E-state index contributed by atoms with van der Waals surface area (Å²) < 4.78 is 2.59. The fourth-order valence-corrected chi connectivity index (χ4v) is 5.18. The molecule has 2 bridgehead atoms. The molecule has 0 unspecified atom stereocenters. The number of benzene rings is 1. The number of halogens is 1. The summed E-state index contributed by atoms with van der Waals surface area (Å²) in [5, 5.41) is 2.03. The molecule has 3 aromatic rings. The molecule has 26 heavy (non-hydrogen) atoms. The van der Waals surface area contributed by atoms with Crippen molar-refractivity contribution >= 4 is 22.5 Å². The largest absolute Gasteiger partial charge is 0.342 e. The molecule has 0 spiro atoms. The molecule has 1 aromatic carbocycles. The predicted octanol–water partition coefficient (Wildman–Crippen LogP) is 5.45. The van der Waals surface area contributed by atoms with Gasteiger partial charge in [-0.2, -0.15) is 0 Å². The molecule has 3 nitrogen and oxygen atoms in total. The Bertz CT molecular complexity index is 973. The summed E-state index contributed by atoms with van der Waals surface area (Å²) in [7, 11) is 2.31. The highest BCUT2D eigenvalue weighted by Crippen LogP contribution is 2.53. The van der Waals surface area contributed by atoms with Gasteiger partial charge >= 0.3 is 0 Å². The first kappa shape index (κ1) is 16.3. The lowest BCUT2D eigenvalue weighted by Gasteiger charge is -2.32. The van der Waals surface area contributed by atoms with Crippen molar-refractivity contribution in [2.45, 2.75) is 51.2 Å². The van der Waals surface area contributed by atoms with E-state index in [-0.39, 0.29) is 0 Å². The molecule has 1 fully saturated rings. The Hall–Kier alpha value is -1.84. The fraction of sp³-hybridized carbons (Fsp3) is 0.409. The molecule has 0 radical (unpaired) electrons. The third-order valence-corrected chi connectivity index (χ3v) is 6.52. The van der Waals surface area contributed by atoms with E-state index in [0.29, 0.717) is 17.2 Å². The van der Waals surface area contributed by atoms with Gasteiger partial charge < -0.3 is 4.57 Å². The molecule has 134 valence electrons. The monoisotopic (exact) mass is 365 g/mol. The second kappa shape index (κ2) is 6.11. The topological polar surface area (TPSA) is 21.1 Å². The number of rotatable bonds is 3. The van der Waals surface area contributed by atoms with Crippen molar-refractivity contribution in [1.29, 1.82) is 0 Å². The third kappa shape index (κ3) is 2.41. The van der Waals surface area contributed by atoms with Gasteiger partial charge in [-0.15, -0.1) is 0 Å². The first-order valence-electron chi connectivity index (χ1n) is 9.58. The van der Waals surface area contributed by atoms with Crippen LogP contribution in [-0.4, -0.2) is 21.5 Å². The van der Waals surface area contributed by atoms with E-state index in [0.717, 1.165) is 13.0 Å². The quantitative estimate of drug-likeness (QED) is 0.575. The number of hydrogen-bond donors (Lipinski definition) is 0. The van der Waals surface area contributed by atoms with E-state index >= 15 is 0 Å². The average molecular weight is 366 g/mol. The van der Waals surface area contributed by atoms with Crippen LogP contribution in [0.15, 0.2) is 36.5 Å². The Morgan fingerprint density at radius 1 is 1.15 bits per heavy atom. The SMILES string of the molecule is Cc1ccc2c(c1)c1c(n2CCc2ccc(Cl)nc2)[C@@H]2CCC[C@H]1N2C. The summed E-state index contributed by atoms with van der Waals surface area (Å²) in [6.45, 7) is 3.20. The first-order valence-corrected chi connectivity index (χ1v) is 9.96. The molecule has 5 rings (SSSR count). The highest BCUT2D eigenvalue weighted by atomic mass is 35.5. The fourth-order valence-electron chi connectivity index (χ4n) is 5.07. The molecule has 2 aliphatic heterocycles. The van der Waals surface area contributed by atoms with Crippen molar-refractivity contribution in [2.24, 2.45) is 0 Å². The lowest BCUT2D eigenvalue weighted by Crippen LogP contribution is -2.27. The van der Waals surface area contributed by atoms with Crippen LogP contribution < -0.4 is 0 Å². The van der Waals surface area contributed by atoms with E-state index < -0.39 is 0 Å². The molecule has 0 amide bonds. The van der Waals surface area contributed by atoms with Gasteiger partial charge in [0, 0.05) is 35.4 Å². The molecule has 0 N–H and O–H groups in total. The lowest BCUT2D eigenvalue weighted by molar-refractivity contribution is 0.142. The van der Waals surface area contributed by atoms with Crippen LogP contribution in [-0.2, 0) is 13.0 Å². The van der Waals surface area contributed by atoms with Crippen LogP contribution in [0.1, 0.15) is 53.7 Å². The summed E-state index contributed by atoms with van der Waals surface area (Å²) in [5.41, 5.74) is 7.16. The summed E-state index contributed by atoms with van der Waals surface area (Å²) in [6.07, 6.45) is 6.78. The van der Waals surface area contributed by atoms with Gasteiger partial charge in [0.1, 0.15) is 5.15 Å². The van der Waals surface area contributed by atoms with Gasteiger partial charge in [-0.05, 0) is 69.0 Å². The zero-order valence-electron chi connectivity index (χ0n) is 15.4. The normalized spacial score (nSPS) is 22.1. The lowest BCUT2D eigenvalue weighted by atomic mass is 9.99. The standard InChI is InChI=1S/C22H24ClN3/c1-14-6-8-17-16(12-14)21-18-4-3-5-19(25(18)2)22(21)26(17)11-10-15-7-9-20(23)24-13-15/h6-9,12-13,18-19H,3-5,10-11H2,1-2H3/t18-,19+/m1/s1. The van der Waals surface area contributed by atoms with E-state index in [2.05, 4.69) is 52.7 Å². The molecule has 2 aliphatic rings.